The Morgan fingerprint density at radius 2 is 1.75 bits per heavy atom. The monoisotopic (exact) mass is 210 g/mol. The lowest BCUT2D eigenvalue weighted by atomic mass is 9.99. The molecule has 0 unspecified atom stereocenters. The molecule has 3 rings (SSSR count). The molecule has 2 aliphatic rings. The van der Waals surface area contributed by atoms with E-state index in [0.29, 0.717) is 0 Å². The summed E-state index contributed by atoms with van der Waals surface area (Å²) >= 11 is 0. The molecule has 0 fully saturated rings. The van der Waals surface area contributed by atoms with Crippen LogP contribution in [-0.4, -0.2) is 0 Å². The summed E-state index contributed by atoms with van der Waals surface area (Å²) in [5.41, 5.74) is 6.46. The van der Waals surface area contributed by atoms with Crippen molar-refractivity contribution >= 4 is 5.57 Å². The lowest BCUT2D eigenvalue weighted by Crippen LogP contribution is -1.85. The molecule has 0 saturated heterocycles. The first-order valence-corrected chi connectivity index (χ1v) is 6.39. The van der Waals surface area contributed by atoms with Gasteiger partial charge in [0.1, 0.15) is 0 Å². The maximum absolute atomic E-state index is 2.36. The topological polar surface area (TPSA) is 0 Å². The van der Waals surface area contributed by atoms with Gasteiger partial charge < -0.3 is 0 Å². The molecular formula is C16H18. The minimum Gasteiger partial charge on any atom is -0.0885 e. The summed E-state index contributed by atoms with van der Waals surface area (Å²) in [5, 5.41) is 0. The molecule has 0 atom stereocenters. The zero-order chi connectivity index (χ0) is 10.8. The highest BCUT2D eigenvalue weighted by molar-refractivity contribution is 5.76. The Morgan fingerprint density at radius 1 is 0.875 bits per heavy atom. The smallest absolute Gasteiger partial charge is 0.00549 e. The Balaban J connectivity index is 1.96. The van der Waals surface area contributed by atoms with Crippen LogP contribution in [0.4, 0.5) is 0 Å². The van der Waals surface area contributed by atoms with Gasteiger partial charge >= 0.3 is 0 Å². The molecule has 0 aromatic heterocycles. The third-order valence-corrected chi connectivity index (χ3v) is 3.75. The van der Waals surface area contributed by atoms with Gasteiger partial charge in [-0.2, -0.15) is 0 Å². The second kappa shape index (κ2) is 4.29. The van der Waals surface area contributed by atoms with Crippen molar-refractivity contribution in [3.8, 4) is 0 Å². The summed E-state index contributed by atoms with van der Waals surface area (Å²) < 4.78 is 0. The molecule has 0 heteroatoms. The quantitative estimate of drug-likeness (QED) is 0.552. The predicted molar refractivity (Wildman–Crippen MR) is 69.3 cm³/mol. The third kappa shape index (κ3) is 1.73. The minimum atomic E-state index is 1.21. The molecule has 16 heavy (non-hydrogen) atoms. The fraction of sp³-hybridized carbons (Fsp3) is 0.375. The zero-order valence-electron chi connectivity index (χ0n) is 9.71. The summed E-state index contributed by atoms with van der Waals surface area (Å²) in [4.78, 5) is 0. The van der Waals surface area contributed by atoms with E-state index in [0.717, 1.165) is 0 Å². The number of hydrogen-bond acceptors (Lipinski definition) is 0. The molecule has 0 aliphatic heterocycles. The van der Waals surface area contributed by atoms with E-state index in [1.807, 2.05) is 0 Å². The highest BCUT2D eigenvalue weighted by Gasteiger charge is 2.19. The van der Waals surface area contributed by atoms with Gasteiger partial charge in [0.25, 0.3) is 0 Å². The summed E-state index contributed by atoms with van der Waals surface area (Å²) in [7, 11) is 0. The van der Waals surface area contributed by atoms with E-state index in [4.69, 9.17) is 0 Å². The van der Waals surface area contributed by atoms with Crippen molar-refractivity contribution < 1.29 is 0 Å². The van der Waals surface area contributed by atoms with Crippen molar-refractivity contribution in [2.75, 3.05) is 0 Å². The third-order valence-electron chi connectivity index (χ3n) is 3.75. The summed E-state index contributed by atoms with van der Waals surface area (Å²) in [5.74, 6) is 0. The van der Waals surface area contributed by atoms with Gasteiger partial charge in [0, 0.05) is 0 Å². The number of allylic oxidation sites excluding steroid dienone is 4. The van der Waals surface area contributed by atoms with Gasteiger partial charge in [-0.25, -0.2) is 0 Å². The van der Waals surface area contributed by atoms with Crippen LogP contribution in [0.25, 0.3) is 5.57 Å². The van der Waals surface area contributed by atoms with Gasteiger partial charge in [-0.05, 0) is 55.2 Å². The lowest BCUT2D eigenvalue weighted by molar-refractivity contribution is 0.879. The average molecular weight is 210 g/mol. The molecule has 82 valence electrons. The van der Waals surface area contributed by atoms with Gasteiger partial charge in [-0.15, -0.1) is 0 Å². The van der Waals surface area contributed by atoms with Crippen LogP contribution in [0.15, 0.2) is 42.0 Å². The van der Waals surface area contributed by atoms with Crippen LogP contribution in [0.5, 0.6) is 0 Å². The van der Waals surface area contributed by atoms with Gasteiger partial charge in [0.05, 0.1) is 0 Å². The molecule has 1 aromatic carbocycles. The molecule has 0 N–H and O–H groups in total. The van der Waals surface area contributed by atoms with E-state index in [9.17, 15) is 0 Å². The predicted octanol–water partition coefficient (Wildman–Crippen LogP) is 4.52. The molecule has 2 aliphatic carbocycles. The van der Waals surface area contributed by atoms with Crippen LogP contribution in [0.1, 0.15) is 43.2 Å². The SMILES string of the molecule is C1=CCCC2=C(CCC1)c1ccccc1C2. The zero-order valence-corrected chi connectivity index (χ0v) is 9.71. The molecular weight excluding hydrogens is 192 g/mol. The van der Waals surface area contributed by atoms with Crippen LogP contribution < -0.4 is 0 Å². The Hall–Kier alpha value is -1.30. The van der Waals surface area contributed by atoms with E-state index in [-0.39, 0.29) is 0 Å². The highest BCUT2D eigenvalue weighted by atomic mass is 14.2. The van der Waals surface area contributed by atoms with E-state index >= 15 is 0 Å². The molecule has 0 radical (unpaired) electrons. The van der Waals surface area contributed by atoms with E-state index in [1.165, 1.54) is 38.5 Å². The molecule has 0 heterocycles. The number of rotatable bonds is 0. The van der Waals surface area contributed by atoms with E-state index in [1.54, 1.807) is 22.3 Å². The first-order valence-electron chi connectivity index (χ1n) is 6.39. The molecule has 1 aromatic rings. The first-order chi connectivity index (χ1) is 7.95. The maximum Gasteiger partial charge on any atom is -0.00549 e. The summed E-state index contributed by atoms with van der Waals surface area (Å²) in [6.45, 7) is 0. The Labute approximate surface area is 97.7 Å². The Morgan fingerprint density at radius 3 is 2.75 bits per heavy atom. The van der Waals surface area contributed by atoms with Crippen LogP contribution >= 0.6 is 0 Å². The number of hydrogen-bond donors (Lipinski definition) is 0. The van der Waals surface area contributed by atoms with Crippen molar-refractivity contribution in [2.45, 2.75) is 38.5 Å². The molecule has 0 saturated carbocycles. The van der Waals surface area contributed by atoms with Crippen LogP contribution in [0, 0.1) is 0 Å². The number of fused-ring (bicyclic) bond motifs is 2. The fourth-order valence-electron chi connectivity index (χ4n) is 2.94. The minimum absolute atomic E-state index is 1.21. The Bertz CT molecular complexity index is 449. The first kappa shape index (κ1) is 9.89. The summed E-state index contributed by atoms with van der Waals surface area (Å²) in [6.07, 6.45) is 12.2. The van der Waals surface area contributed by atoms with Crippen LogP contribution in [-0.2, 0) is 6.42 Å². The lowest BCUT2D eigenvalue weighted by Gasteiger charge is -2.06. The van der Waals surface area contributed by atoms with Crippen molar-refractivity contribution in [1.29, 1.82) is 0 Å². The number of benzene rings is 1. The van der Waals surface area contributed by atoms with Gasteiger partial charge in [0.15, 0.2) is 0 Å². The molecule has 0 nitrogen and oxygen atoms in total. The molecule has 0 amide bonds. The normalized spacial score (nSPS) is 19.8. The molecule has 0 spiro atoms. The largest absolute Gasteiger partial charge is 0.0885 e. The van der Waals surface area contributed by atoms with Crippen molar-refractivity contribution in [3.05, 3.63) is 53.1 Å². The molecule has 0 bridgehead atoms. The average Bonchev–Trinajstić information content (AvgIpc) is 2.69. The van der Waals surface area contributed by atoms with Gasteiger partial charge in [0.2, 0.25) is 0 Å². The standard InChI is InChI=1S/C16H18/c1-2-4-8-13-12-14-9-6-7-11-16(14)15(13)10-5-3-1/h1-2,6-7,9,11H,3-5,8,10,12H2. The van der Waals surface area contributed by atoms with Crippen molar-refractivity contribution in [2.24, 2.45) is 0 Å². The maximum atomic E-state index is 2.36. The van der Waals surface area contributed by atoms with Gasteiger partial charge in [-0.3, -0.25) is 0 Å². The van der Waals surface area contributed by atoms with E-state index < -0.39 is 0 Å². The van der Waals surface area contributed by atoms with Crippen LogP contribution in [0.3, 0.4) is 0 Å². The fourth-order valence-corrected chi connectivity index (χ4v) is 2.94. The Kier molecular flexibility index (Phi) is 2.65. The second-order valence-electron chi connectivity index (χ2n) is 4.82. The van der Waals surface area contributed by atoms with Crippen molar-refractivity contribution in [1.82, 2.24) is 0 Å². The van der Waals surface area contributed by atoms with Crippen molar-refractivity contribution in [3.63, 3.8) is 0 Å². The van der Waals surface area contributed by atoms with E-state index in [2.05, 4.69) is 36.4 Å². The highest BCUT2D eigenvalue weighted by Crippen LogP contribution is 2.38. The van der Waals surface area contributed by atoms with Crippen LogP contribution in [0.2, 0.25) is 0 Å². The second-order valence-corrected chi connectivity index (χ2v) is 4.82. The van der Waals surface area contributed by atoms with Gasteiger partial charge in [-0.1, -0.05) is 42.0 Å². The summed E-state index contributed by atoms with van der Waals surface area (Å²) in [6, 6.07) is 8.96.